The minimum absolute atomic E-state index is 0.193. The van der Waals surface area contributed by atoms with Crippen molar-refractivity contribution < 1.29 is 19.1 Å². The predicted octanol–water partition coefficient (Wildman–Crippen LogP) is 5.78. The Bertz CT molecular complexity index is 1130. The minimum Gasteiger partial charge on any atom is -0.497 e. The number of hydrogen-bond donors (Lipinski definition) is 2. The van der Waals surface area contributed by atoms with E-state index in [0.29, 0.717) is 36.1 Å². The molecule has 3 aromatic rings. The number of rotatable bonds is 10. The van der Waals surface area contributed by atoms with Crippen molar-refractivity contribution in [2.75, 3.05) is 32.5 Å². The second-order valence-corrected chi connectivity index (χ2v) is 11.4. The Morgan fingerprint density at radius 2 is 2.17 bits per heavy atom. The van der Waals surface area contributed by atoms with E-state index in [-0.39, 0.29) is 6.42 Å². The maximum Gasteiger partial charge on any atom is 0.249 e. The lowest BCUT2D eigenvalue weighted by Gasteiger charge is -2.40. The lowest BCUT2D eigenvalue weighted by molar-refractivity contribution is -0.143. The molecule has 1 amide bonds. The first kappa shape index (κ1) is 25.9. The van der Waals surface area contributed by atoms with E-state index < -0.39 is 17.5 Å². The number of aryl methyl sites for hydroxylation is 1. The molecule has 3 heterocycles. The number of carbonyl (C=O) groups excluding carboxylic acids is 1. The minimum atomic E-state index is -1.25. The summed E-state index contributed by atoms with van der Waals surface area (Å²) in [6.45, 7) is 4.31. The van der Waals surface area contributed by atoms with Crippen molar-refractivity contribution in [2.45, 2.75) is 43.0 Å². The fourth-order valence-electron chi connectivity index (χ4n) is 4.92. The number of methoxy groups -OCH3 is 1. The molecule has 0 spiro atoms. The number of aromatic nitrogens is 1. The van der Waals surface area contributed by atoms with Crippen LogP contribution in [-0.2, 0) is 4.79 Å². The molecule has 0 radical (unpaired) electrons. The van der Waals surface area contributed by atoms with Crippen LogP contribution in [0.1, 0.15) is 43.0 Å². The van der Waals surface area contributed by atoms with E-state index >= 15 is 4.39 Å². The van der Waals surface area contributed by atoms with E-state index in [4.69, 9.17) is 4.74 Å². The van der Waals surface area contributed by atoms with Crippen LogP contribution < -0.4 is 10.2 Å². The van der Waals surface area contributed by atoms with E-state index in [0.717, 1.165) is 36.3 Å². The van der Waals surface area contributed by atoms with Crippen LogP contribution in [0.25, 0.3) is 10.9 Å². The highest BCUT2D eigenvalue weighted by Gasteiger charge is 2.41. The molecule has 2 aromatic heterocycles. The van der Waals surface area contributed by atoms with Crippen molar-refractivity contribution in [3.63, 3.8) is 0 Å². The molecule has 1 atom stereocenters. The van der Waals surface area contributed by atoms with Gasteiger partial charge >= 0.3 is 0 Å². The lowest BCUT2D eigenvalue weighted by atomic mass is 9.73. The molecule has 188 valence electrons. The van der Waals surface area contributed by atoms with Gasteiger partial charge in [-0.25, -0.2) is 9.87 Å². The van der Waals surface area contributed by atoms with Gasteiger partial charge in [-0.15, -0.1) is 23.1 Å². The normalized spacial score (nSPS) is 16.8. The van der Waals surface area contributed by atoms with Crippen LogP contribution in [0.4, 0.5) is 4.39 Å². The van der Waals surface area contributed by atoms with E-state index in [2.05, 4.69) is 27.4 Å². The monoisotopic (exact) mass is 517 g/mol. The molecule has 1 fully saturated rings. The summed E-state index contributed by atoms with van der Waals surface area (Å²) in [6, 6.07) is 9.64. The number of alkyl halides is 1. The maximum atomic E-state index is 15.8. The number of pyridine rings is 1. The van der Waals surface area contributed by atoms with Crippen LogP contribution in [0.3, 0.4) is 0 Å². The fourth-order valence-corrected chi connectivity index (χ4v) is 6.78. The number of piperidine rings is 1. The van der Waals surface area contributed by atoms with E-state index in [1.54, 1.807) is 24.6 Å². The molecule has 0 aliphatic carbocycles. The topological polar surface area (TPSA) is 74.7 Å². The van der Waals surface area contributed by atoms with Crippen LogP contribution in [-0.4, -0.2) is 53.5 Å². The molecular formula is C26H32FN3O3S2. The number of nitrogens with zero attached hydrogens (tertiary/aromatic N) is 2. The number of thiophene rings is 1. The third kappa shape index (κ3) is 5.97. The zero-order chi connectivity index (χ0) is 24.8. The first-order valence-corrected chi connectivity index (χ1v) is 13.7. The molecule has 0 saturated carbocycles. The van der Waals surface area contributed by atoms with Crippen LogP contribution in [0.2, 0.25) is 0 Å². The summed E-state index contributed by atoms with van der Waals surface area (Å²) in [5.74, 6) is 1.23. The lowest BCUT2D eigenvalue weighted by Crippen LogP contribution is -2.48. The smallest absolute Gasteiger partial charge is 0.249 e. The molecular weight excluding hydrogens is 485 g/mol. The molecule has 6 nitrogen and oxygen atoms in total. The fraction of sp³-hybridized carbons (Fsp3) is 0.462. The van der Waals surface area contributed by atoms with Crippen LogP contribution >= 0.6 is 23.1 Å². The van der Waals surface area contributed by atoms with Gasteiger partial charge in [-0.3, -0.25) is 15.0 Å². The summed E-state index contributed by atoms with van der Waals surface area (Å²) in [6.07, 6.45) is 2.19. The number of nitrogens with one attached hydrogen (secondary N) is 1. The molecule has 4 rings (SSSR count). The second kappa shape index (κ2) is 11.7. The summed E-state index contributed by atoms with van der Waals surface area (Å²) >= 11 is 3.59. The first-order valence-electron chi connectivity index (χ1n) is 11.9. The summed E-state index contributed by atoms with van der Waals surface area (Å²) in [5.41, 5.74) is 3.17. The highest BCUT2D eigenvalue weighted by atomic mass is 32.2. The Hall–Kier alpha value is -2.20. The number of halogens is 1. The number of hydrogen-bond acceptors (Lipinski definition) is 7. The summed E-state index contributed by atoms with van der Waals surface area (Å²) in [5, 5.41) is 12.3. The van der Waals surface area contributed by atoms with Crippen molar-refractivity contribution in [3.05, 3.63) is 53.0 Å². The van der Waals surface area contributed by atoms with Crippen molar-refractivity contribution >= 4 is 39.9 Å². The van der Waals surface area contributed by atoms with E-state index in [1.807, 2.05) is 42.4 Å². The molecule has 1 unspecified atom stereocenters. The van der Waals surface area contributed by atoms with Crippen LogP contribution in [0.15, 0.2) is 46.1 Å². The Morgan fingerprint density at radius 3 is 2.86 bits per heavy atom. The quantitative estimate of drug-likeness (QED) is 0.202. The zero-order valence-corrected chi connectivity index (χ0v) is 21.8. The number of ether oxygens (including phenoxy) is 1. The largest absolute Gasteiger partial charge is 0.497 e. The molecule has 1 aromatic carbocycles. The van der Waals surface area contributed by atoms with Gasteiger partial charge in [-0.05, 0) is 86.5 Å². The molecule has 2 N–H and O–H groups in total. The highest BCUT2D eigenvalue weighted by molar-refractivity contribution is 8.01. The molecule has 1 saturated heterocycles. The standard InChI is InChI=1S/C26H32FN3O3S2/c1-18-17-28-22-6-5-19(33-2)16-20(22)24(18)21(27)7-8-26(25(31)29-32)9-11-30(12-10-26)13-15-35-23-4-3-14-34-23/h3-6,14,16-17,21,32H,7-13,15H2,1-2H3,(H,29,31). The zero-order valence-electron chi connectivity index (χ0n) is 20.1. The van der Waals surface area contributed by atoms with Gasteiger partial charge in [0.05, 0.1) is 22.3 Å². The third-order valence-electron chi connectivity index (χ3n) is 7.05. The first-order chi connectivity index (χ1) is 17.0. The molecule has 9 heteroatoms. The third-order valence-corrected chi connectivity index (χ3v) is 9.16. The van der Waals surface area contributed by atoms with Gasteiger partial charge in [-0.2, -0.15) is 0 Å². The maximum absolute atomic E-state index is 15.8. The molecule has 0 bridgehead atoms. The Kier molecular flexibility index (Phi) is 8.64. The summed E-state index contributed by atoms with van der Waals surface area (Å²) in [4.78, 5) is 19.5. The average molecular weight is 518 g/mol. The van der Waals surface area contributed by atoms with Crippen LogP contribution in [0.5, 0.6) is 5.75 Å². The van der Waals surface area contributed by atoms with Crippen LogP contribution in [0, 0.1) is 12.3 Å². The van der Waals surface area contributed by atoms with Crippen molar-refractivity contribution in [1.29, 1.82) is 0 Å². The number of carbonyl (C=O) groups is 1. The summed E-state index contributed by atoms with van der Waals surface area (Å²) in [7, 11) is 1.58. The van der Waals surface area contributed by atoms with Gasteiger partial charge < -0.3 is 9.64 Å². The van der Waals surface area contributed by atoms with Gasteiger partial charge in [0.1, 0.15) is 11.9 Å². The van der Waals surface area contributed by atoms with Crippen molar-refractivity contribution in [2.24, 2.45) is 5.41 Å². The second-order valence-electron chi connectivity index (χ2n) is 9.09. The van der Waals surface area contributed by atoms with Gasteiger partial charge in [-0.1, -0.05) is 6.07 Å². The molecule has 35 heavy (non-hydrogen) atoms. The number of amides is 1. The Labute approximate surface area is 213 Å². The highest BCUT2D eigenvalue weighted by Crippen LogP contribution is 2.41. The molecule has 1 aliphatic heterocycles. The number of thioether (sulfide) groups is 1. The van der Waals surface area contributed by atoms with Gasteiger partial charge in [0.15, 0.2) is 0 Å². The van der Waals surface area contributed by atoms with Gasteiger partial charge in [0.2, 0.25) is 5.91 Å². The predicted molar refractivity (Wildman–Crippen MR) is 139 cm³/mol. The number of fused-ring (bicyclic) bond motifs is 1. The number of likely N-dealkylation sites (tertiary alicyclic amines) is 1. The molecule has 1 aliphatic rings. The van der Waals surface area contributed by atoms with Crippen molar-refractivity contribution in [3.8, 4) is 5.75 Å². The van der Waals surface area contributed by atoms with Gasteiger partial charge in [0.25, 0.3) is 0 Å². The summed E-state index contributed by atoms with van der Waals surface area (Å²) < 4.78 is 22.4. The SMILES string of the molecule is COc1ccc2ncc(C)c(C(F)CCC3(C(=O)NO)CCN(CCSc4cccs4)CC3)c2c1. The van der Waals surface area contributed by atoms with Crippen molar-refractivity contribution in [1.82, 2.24) is 15.4 Å². The Morgan fingerprint density at radius 1 is 1.37 bits per heavy atom. The van der Waals surface area contributed by atoms with Gasteiger partial charge in [0, 0.05) is 23.9 Å². The Balaban J connectivity index is 1.42. The number of hydroxylamine groups is 1. The average Bonchev–Trinajstić information content (AvgIpc) is 3.40. The number of benzene rings is 1. The van der Waals surface area contributed by atoms with E-state index in [1.165, 1.54) is 4.21 Å². The van der Waals surface area contributed by atoms with E-state index in [9.17, 15) is 10.0 Å².